The van der Waals surface area contributed by atoms with Gasteiger partial charge in [0.25, 0.3) is 0 Å². The van der Waals surface area contributed by atoms with Crippen LogP contribution in [0.1, 0.15) is 43.1 Å². The zero-order valence-corrected chi connectivity index (χ0v) is 13.7. The highest BCUT2D eigenvalue weighted by Gasteiger charge is 2.00. The molecule has 4 nitrogen and oxygen atoms in total. The molecule has 124 valence electrons. The molecule has 1 atom stereocenters. The lowest BCUT2D eigenvalue weighted by molar-refractivity contribution is 0.0969. The number of nitrogens with zero attached hydrogens (tertiary/aromatic N) is 1. The Kier molecular flexibility index (Phi) is 7.57. The molecule has 0 amide bonds. The second-order valence-electron chi connectivity index (χ2n) is 5.64. The van der Waals surface area contributed by atoms with Crippen LogP contribution in [0.4, 0.5) is 0 Å². The average molecular weight is 314 g/mol. The van der Waals surface area contributed by atoms with Crippen LogP contribution in [0.5, 0.6) is 0 Å². The van der Waals surface area contributed by atoms with Crippen molar-refractivity contribution in [2.45, 2.75) is 38.7 Å². The van der Waals surface area contributed by atoms with Gasteiger partial charge in [0, 0.05) is 38.4 Å². The molecule has 1 heterocycles. The van der Waals surface area contributed by atoms with E-state index in [1.54, 1.807) is 6.20 Å². The fourth-order valence-electron chi connectivity index (χ4n) is 2.21. The second-order valence-corrected chi connectivity index (χ2v) is 5.64. The van der Waals surface area contributed by atoms with E-state index in [1.165, 1.54) is 5.56 Å². The summed E-state index contributed by atoms with van der Waals surface area (Å²) in [5.41, 5.74) is 2.29. The van der Waals surface area contributed by atoms with Crippen LogP contribution in [0.3, 0.4) is 0 Å². The lowest BCUT2D eigenvalue weighted by Gasteiger charge is -2.06. The first-order valence-corrected chi connectivity index (χ1v) is 8.29. The molecular formula is C19H26N2O2. The smallest absolute Gasteiger partial charge is 0.110 e. The number of hydrogen-bond acceptors (Lipinski definition) is 3. The van der Waals surface area contributed by atoms with E-state index < -0.39 is 6.10 Å². The van der Waals surface area contributed by atoms with Gasteiger partial charge in [0.1, 0.15) is 5.82 Å². The van der Waals surface area contributed by atoms with Crippen LogP contribution in [0.2, 0.25) is 0 Å². The van der Waals surface area contributed by atoms with Crippen molar-refractivity contribution in [3.05, 3.63) is 59.7 Å². The molecule has 23 heavy (non-hydrogen) atoms. The zero-order valence-electron chi connectivity index (χ0n) is 13.7. The highest BCUT2D eigenvalue weighted by molar-refractivity contribution is 5.50. The normalized spacial score (nSPS) is 12.8. The number of hydrogen-bond donors (Lipinski definition) is 2. The minimum absolute atomic E-state index is 0.459. The van der Waals surface area contributed by atoms with Gasteiger partial charge < -0.3 is 14.8 Å². The quantitative estimate of drug-likeness (QED) is 0.659. The Labute approximate surface area is 138 Å². The summed E-state index contributed by atoms with van der Waals surface area (Å²) in [5, 5.41) is 9.91. The van der Waals surface area contributed by atoms with E-state index in [0.29, 0.717) is 13.0 Å². The predicted molar refractivity (Wildman–Crippen MR) is 93.2 cm³/mol. The Balaban J connectivity index is 1.73. The topological polar surface area (TPSA) is 58.1 Å². The summed E-state index contributed by atoms with van der Waals surface area (Å²) in [6.07, 6.45) is 10.6. The third-order valence-electron chi connectivity index (χ3n) is 3.62. The Morgan fingerprint density at radius 1 is 1.26 bits per heavy atom. The summed E-state index contributed by atoms with van der Waals surface area (Å²) in [4.78, 5) is 7.33. The number of aliphatic hydroxyl groups is 1. The number of unbranched alkanes of at least 4 members (excludes halogenated alkanes) is 1. The van der Waals surface area contributed by atoms with E-state index in [-0.39, 0.29) is 0 Å². The molecule has 0 radical (unpaired) electrons. The van der Waals surface area contributed by atoms with Crippen molar-refractivity contribution < 1.29 is 9.84 Å². The lowest BCUT2D eigenvalue weighted by Crippen LogP contribution is -2.07. The molecule has 0 aliphatic heterocycles. The maximum atomic E-state index is 9.91. The Bertz CT molecular complexity index is 562. The molecule has 0 fully saturated rings. The van der Waals surface area contributed by atoms with Crippen molar-refractivity contribution in [3.63, 3.8) is 0 Å². The van der Waals surface area contributed by atoms with Crippen LogP contribution < -0.4 is 0 Å². The number of rotatable bonds is 10. The first kappa shape index (κ1) is 17.4. The largest absolute Gasteiger partial charge is 0.389 e. The monoisotopic (exact) mass is 314 g/mol. The molecular weight excluding hydrogens is 288 g/mol. The first-order chi connectivity index (χ1) is 11.3. The molecule has 2 aromatic rings. The third kappa shape index (κ3) is 6.80. The van der Waals surface area contributed by atoms with E-state index in [9.17, 15) is 5.11 Å². The van der Waals surface area contributed by atoms with Crippen LogP contribution in [-0.4, -0.2) is 34.4 Å². The molecule has 2 N–H and O–H groups in total. The van der Waals surface area contributed by atoms with Gasteiger partial charge in [-0.15, -0.1) is 0 Å². The minimum atomic E-state index is -0.459. The van der Waals surface area contributed by atoms with Crippen molar-refractivity contribution in [2.75, 3.05) is 13.2 Å². The maximum absolute atomic E-state index is 9.91. The number of aromatic nitrogens is 2. The molecule has 0 bridgehead atoms. The maximum Gasteiger partial charge on any atom is 0.110 e. The van der Waals surface area contributed by atoms with Crippen LogP contribution >= 0.6 is 0 Å². The number of ether oxygens (including phenoxy) is 1. The number of nitrogens with one attached hydrogen (secondary N) is 1. The highest BCUT2D eigenvalue weighted by atomic mass is 16.5. The van der Waals surface area contributed by atoms with Crippen molar-refractivity contribution in [1.82, 2.24) is 9.97 Å². The van der Waals surface area contributed by atoms with E-state index in [1.807, 2.05) is 18.3 Å². The van der Waals surface area contributed by atoms with Crippen molar-refractivity contribution in [3.8, 4) is 0 Å². The van der Waals surface area contributed by atoms with Crippen molar-refractivity contribution in [1.29, 1.82) is 0 Å². The summed E-state index contributed by atoms with van der Waals surface area (Å²) in [6, 6.07) is 8.28. The van der Waals surface area contributed by atoms with Gasteiger partial charge in [0.15, 0.2) is 0 Å². The van der Waals surface area contributed by atoms with Crippen molar-refractivity contribution >= 4 is 6.08 Å². The van der Waals surface area contributed by atoms with Gasteiger partial charge >= 0.3 is 0 Å². The third-order valence-corrected chi connectivity index (χ3v) is 3.62. The highest BCUT2D eigenvalue weighted by Crippen LogP contribution is 2.10. The first-order valence-electron chi connectivity index (χ1n) is 8.29. The summed E-state index contributed by atoms with van der Waals surface area (Å²) < 4.78 is 5.46. The number of aromatic amines is 1. The molecule has 0 saturated carbocycles. The summed E-state index contributed by atoms with van der Waals surface area (Å²) >= 11 is 0. The minimum Gasteiger partial charge on any atom is -0.389 e. The molecule has 0 aliphatic carbocycles. The molecule has 0 aliphatic rings. The molecule has 0 saturated heterocycles. The van der Waals surface area contributed by atoms with Crippen LogP contribution in [0.15, 0.2) is 42.7 Å². The summed E-state index contributed by atoms with van der Waals surface area (Å²) in [5.74, 6) is 0.965. The van der Waals surface area contributed by atoms with Crippen LogP contribution in [0.25, 0.3) is 6.08 Å². The molecule has 1 aromatic heterocycles. The predicted octanol–water partition coefficient (Wildman–Crippen LogP) is 3.58. The van der Waals surface area contributed by atoms with E-state index in [0.717, 1.165) is 37.3 Å². The molecule has 4 heteroatoms. The molecule has 2 rings (SSSR count). The Morgan fingerprint density at radius 3 is 2.78 bits per heavy atom. The number of aliphatic hydroxyl groups excluding tert-OH is 1. The fourth-order valence-corrected chi connectivity index (χ4v) is 2.21. The van der Waals surface area contributed by atoms with E-state index >= 15 is 0 Å². The van der Waals surface area contributed by atoms with Gasteiger partial charge in [-0.05, 0) is 17.5 Å². The van der Waals surface area contributed by atoms with Crippen LogP contribution in [0, 0.1) is 0 Å². The van der Waals surface area contributed by atoms with Crippen LogP contribution in [-0.2, 0) is 11.2 Å². The van der Waals surface area contributed by atoms with Crippen molar-refractivity contribution in [2.24, 2.45) is 0 Å². The van der Waals surface area contributed by atoms with E-state index in [4.69, 9.17) is 4.74 Å². The number of H-pyrrole nitrogens is 1. The lowest BCUT2D eigenvalue weighted by atomic mass is 10.1. The second kappa shape index (κ2) is 9.98. The van der Waals surface area contributed by atoms with Gasteiger partial charge in [0.2, 0.25) is 0 Å². The van der Waals surface area contributed by atoms with Gasteiger partial charge in [0.05, 0.1) is 6.10 Å². The standard InChI is InChI=1S/C19H26N2O2/c1-2-3-13-23-14-10-18(22)9-8-16-4-6-17(7-5-16)15-19-20-11-12-21-19/h4-9,11-12,18,22H,2-3,10,13-15H2,1H3,(H,20,21)/b9-8+. The number of imidazole rings is 1. The number of benzene rings is 1. The molecule has 1 aromatic carbocycles. The Morgan fingerprint density at radius 2 is 2.09 bits per heavy atom. The zero-order chi connectivity index (χ0) is 16.3. The Hall–Kier alpha value is -1.91. The molecule has 1 unspecified atom stereocenters. The van der Waals surface area contributed by atoms with Gasteiger partial charge in [-0.25, -0.2) is 4.98 Å². The molecule has 0 spiro atoms. The fraction of sp³-hybridized carbons (Fsp3) is 0.421. The summed E-state index contributed by atoms with van der Waals surface area (Å²) in [7, 11) is 0. The van der Waals surface area contributed by atoms with Gasteiger partial charge in [-0.3, -0.25) is 0 Å². The SMILES string of the molecule is CCCCOCCC(O)/C=C/c1ccc(Cc2ncc[nH]2)cc1. The van der Waals surface area contributed by atoms with Gasteiger partial charge in [-0.1, -0.05) is 49.8 Å². The average Bonchev–Trinajstić information content (AvgIpc) is 3.07. The van der Waals surface area contributed by atoms with E-state index in [2.05, 4.69) is 41.2 Å². The summed E-state index contributed by atoms with van der Waals surface area (Å²) in [6.45, 7) is 3.53. The van der Waals surface area contributed by atoms with Gasteiger partial charge in [-0.2, -0.15) is 0 Å².